The Kier molecular flexibility index (Phi) is 2.88. The molecule has 0 fully saturated rings. The van der Waals surface area contributed by atoms with Crippen LogP contribution >= 0.6 is 0 Å². The summed E-state index contributed by atoms with van der Waals surface area (Å²) in [7, 11) is 3.94. The highest BCUT2D eigenvalue weighted by atomic mass is 15.4. The van der Waals surface area contributed by atoms with Crippen LogP contribution in [-0.2, 0) is 19.9 Å². The van der Waals surface area contributed by atoms with Gasteiger partial charge in [-0.1, -0.05) is 29.5 Å². The lowest BCUT2D eigenvalue weighted by atomic mass is 9.72. The zero-order valence-electron chi connectivity index (χ0n) is 10.8. The number of likely N-dealkylation sites (N-methyl/N-ethyl adjacent to an activating group) is 1. The van der Waals surface area contributed by atoms with Crippen molar-refractivity contribution in [1.29, 1.82) is 0 Å². The van der Waals surface area contributed by atoms with E-state index in [0.717, 1.165) is 12.1 Å². The maximum atomic E-state index is 4.17. The van der Waals surface area contributed by atoms with Crippen LogP contribution in [0.4, 0.5) is 0 Å². The number of nitrogens with one attached hydrogen (secondary N) is 1. The van der Waals surface area contributed by atoms with Gasteiger partial charge < -0.3 is 5.32 Å². The van der Waals surface area contributed by atoms with E-state index in [1.165, 1.54) is 17.5 Å². The molecule has 1 aliphatic carbocycles. The van der Waals surface area contributed by atoms with Crippen molar-refractivity contribution in [1.82, 2.24) is 20.3 Å². The molecule has 0 aliphatic heterocycles. The molecule has 0 spiro atoms. The van der Waals surface area contributed by atoms with Crippen molar-refractivity contribution in [2.24, 2.45) is 7.05 Å². The van der Waals surface area contributed by atoms with Crippen molar-refractivity contribution in [3.63, 3.8) is 0 Å². The topological polar surface area (TPSA) is 42.7 Å². The number of benzene rings is 1. The van der Waals surface area contributed by atoms with Crippen molar-refractivity contribution in [2.75, 3.05) is 7.05 Å². The van der Waals surface area contributed by atoms with Crippen molar-refractivity contribution in [2.45, 2.75) is 24.8 Å². The zero-order chi connectivity index (χ0) is 12.5. The van der Waals surface area contributed by atoms with Crippen LogP contribution in [0.3, 0.4) is 0 Å². The minimum absolute atomic E-state index is 0.441. The fourth-order valence-corrected chi connectivity index (χ4v) is 2.82. The molecule has 3 rings (SSSR count). The second kappa shape index (κ2) is 4.53. The summed E-state index contributed by atoms with van der Waals surface area (Å²) in [5, 5.41) is 11.6. The largest absolute Gasteiger partial charge is 0.316 e. The van der Waals surface area contributed by atoms with Gasteiger partial charge in [0.05, 0.1) is 5.69 Å². The average Bonchev–Trinajstić information content (AvgIpc) is 2.75. The van der Waals surface area contributed by atoms with Crippen LogP contribution in [0.5, 0.6) is 0 Å². The lowest BCUT2D eigenvalue weighted by Crippen LogP contribution is -2.39. The number of fused-ring (bicyclic) bond motifs is 1. The van der Waals surface area contributed by atoms with E-state index >= 15 is 0 Å². The van der Waals surface area contributed by atoms with Gasteiger partial charge in [-0.25, -0.2) is 0 Å². The summed E-state index contributed by atoms with van der Waals surface area (Å²) in [6.45, 7) is 0. The molecule has 4 heteroatoms. The fraction of sp³-hybridized carbons (Fsp3) is 0.429. The maximum absolute atomic E-state index is 4.17. The van der Waals surface area contributed by atoms with E-state index in [1.54, 1.807) is 4.68 Å². The number of hydrogen-bond acceptors (Lipinski definition) is 3. The predicted molar refractivity (Wildman–Crippen MR) is 70.4 cm³/mol. The van der Waals surface area contributed by atoms with Gasteiger partial charge in [0.2, 0.25) is 0 Å². The quantitative estimate of drug-likeness (QED) is 0.878. The lowest BCUT2D eigenvalue weighted by Gasteiger charge is -2.36. The highest BCUT2D eigenvalue weighted by molar-refractivity contribution is 5.41. The molecule has 2 unspecified atom stereocenters. The Balaban J connectivity index is 1.75. The summed E-state index contributed by atoms with van der Waals surface area (Å²) in [4.78, 5) is 0. The van der Waals surface area contributed by atoms with Crippen molar-refractivity contribution >= 4 is 0 Å². The number of hydrogen-bond donors (Lipinski definition) is 1. The summed E-state index contributed by atoms with van der Waals surface area (Å²) in [5.41, 5.74) is 4.03. The number of aromatic nitrogens is 3. The summed E-state index contributed by atoms with van der Waals surface area (Å²) >= 11 is 0. The van der Waals surface area contributed by atoms with Gasteiger partial charge in [-0.05, 0) is 24.6 Å². The Bertz CT molecular complexity index is 546. The third-order valence-corrected chi connectivity index (χ3v) is 3.83. The standard InChI is InChI=1S/C14H18N4/c1-15-14(8-11-9-18(2)17-16-11)13-7-10-5-3-4-6-12(10)13/h3-6,9,13-15H,7-8H2,1-2H3. The Morgan fingerprint density at radius 3 is 2.94 bits per heavy atom. The second-order valence-corrected chi connectivity index (χ2v) is 4.99. The molecule has 0 bridgehead atoms. The van der Waals surface area contributed by atoms with Crippen LogP contribution < -0.4 is 5.32 Å². The summed E-state index contributed by atoms with van der Waals surface area (Å²) in [6, 6.07) is 9.15. The van der Waals surface area contributed by atoms with E-state index in [1.807, 2.05) is 20.3 Å². The average molecular weight is 242 g/mol. The molecule has 18 heavy (non-hydrogen) atoms. The molecule has 0 radical (unpaired) electrons. The van der Waals surface area contributed by atoms with Crippen LogP contribution in [0.2, 0.25) is 0 Å². The summed E-state index contributed by atoms with van der Waals surface area (Å²) < 4.78 is 1.76. The van der Waals surface area contributed by atoms with Gasteiger partial charge in [0, 0.05) is 31.6 Å². The van der Waals surface area contributed by atoms with Gasteiger partial charge in [-0.2, -0.15) is 0 Å². The molecule has 2 aromatic rings. The molecule has 0 saturated carbocycles. The molecular formula is C14H18N4. The van der Waals surface area contributed by atoms with Gasteiger partial charge in [-0.15, -0.1) is 5.10 Å². The molecule has 1 aromatic heterocycles. The Hall–Kier alpha value is -1.68. The van der Waals surface area contributed by atoms with Crippen LogP contribution in [-0.4, -0.2) is 28.1 Å². The first-order valence-electron chi connectivity index (χ1n) is 6.38. The van der Waals surface area contributed by atoms with Crippen molar-refractivity contribution < 1.29 is 0 Å². The fourth-order valence-electron chi connectivity index (χ4n) is 2.82. The minimum Gasteiger partial charge on any atom is -0.316 e. The smallest absolute Gasteiger partial charge is 0.0842 e. The first kappa shape index (κ1) is 11.4. The summed E-state index contributed by atoms with van der Waals surface area (Å²) in [6.07, 6.45) is 4.10. The molecule has 94 valence electrons. The normalized spacial score (nSPS) is 19.1. The zero-order valence-corrected chi connectivity index (χ0v) is 10.8. The van der Waals surface area contributed by atoms with E-state index in [4.69, 9.17) is 0 Å². The third-order valence-electron chi connectivity index (χ3n) is 3.83. The molecule has 0 saturated heterocycles. The Morgan fingerprint density at radius 1 is 1.44 bits per heavy atom. The van der Waals surface area contributed by atoms with Gasteiger partial charge in [-0.3, -0.25) is 4.68 Å². The van der Waals surface area contributed by atoms with Crippen LogP contribution in [0.25, 0.3) is 0 Å². The number of rotatable bonds is 4. The molecule has 4 nitrogen and oxygen atoms in total. The van der Waals surface area contributed by atoms with E-state index in [2.05, 4.69) is 39.9 Å². The number of aryl methyl sites for hydroxylation is 1. The molecule has 1 aromatic carbocycles. The van der Waals surface area contributed by atoms with E-state index in [0.29, 0.717) is 12.0 Å². The van der Waals surface area contributed by atoms with Gasteiger partial charge in [0.15, 0.2) is 0 Å². The lowest BCUT2D eigenvalue weighted by molar-refractivity contribution is 0.419. The van der Waals surface area contributed by atoms with Crippen LogP contribution in [0, 0.1) is 0 Å². The Morgan fingerprint density at radius 2 is 2.28 bits per heavy atom. The predicted octanol–water partition coefficient (Wildman–Crippen LogP) is 1.29. The van der Waals surface area contributed by atoms with Crippen molar-refractivity contribution in [3.8, 4) is 0 Å². The highest BCUT2D eigenvalue weighted by Crippen LogP contribution is 2.37. The summed E-state index contributed by atoms with van der Waals surface area (Å²) in [5.74, 6) is 0.605. The third kappa shape index (κ3) is 1.93. The molecule has 1 aliphatic rings. The van der Waals surface area contributed by atoms with Gasteiger partial charge in [0.1, 0.15) is 0 Å². The first-order chi connectivity index (χ1) is 8.78. The molecular weight excluding hydrogens is 224 g/mol. The monoisotopic (exact) mass is 242 g/mol. The van der Waals surface area contributed by atoms with E-state index < -0.39 is 0 Å². The highest BCUT2D eigenvalue weighted by Gasteiger charge is 2.32. The maximum Gasteiger partial charge on any atom is 0.0842 e. The van der Waals surface area contributed by atoms with Gasteiger partial charge >= 0.3 is 0 Å². The first-order valence-corrected chi connectivity index (χ1v) is 6.38. The molecule has 0 amide bonds. The molecule has 1 N–H and O–H groups in total. The number of nitrogens with zero attached hydrogens (tertiary/aromatic N) is 3. The SMILES string of the molecule is CNC(Cc1cn(C)nn1)C1Cc2ccccc21. The minimum atomic E-state index is 0.441. The van der Waals surface area contributed by atoms with Gasteiger partial charge in [0.25, 0.3) is 0 Å². The second-order valence-electron chi connectivity index (χ2n) is 4.99. The van der Waals surface area contributed by atoms with Crippen LogP contribution in [0.1, 0.15) is 22.7 Å². The van der Waals surface area contributed by atoms with E-state index in [9.17, 15) is 0 Å². The van der Waals surface area contributed by atoms with Crippen molar-refractivity contribution in [3.05, 3.63) is 47.3 Å². The van der Waals surface area contributed by atoms with E-state index in [-0.39, 0.29) is 0 Å². The Labute approximate surface area is 107 Å². The molecule has 1 heterocycles. The molecule has 2 atom stereocenters. The van der Waals surface area contributed by atoms with Crippen LogP contribution in [0.15, 0.2) is 30.5 Å².